The standard InChI is InChI=1S/C17H26N2/c1-2-7-16-14-19(13-10-15(16)6-1)12-5-11-18-17-8-3-4-9-17/h1-2,6-7,17-18H,3-5,8-14H2. The fraction of sp³-hybridized carbons (Fsp3) is 0.647. The molecule has 0 spiro atoms. The summed E-state index contributed by atoms with van der Waals surface area (Å²) < 4.78 is 0. The van der Waals surface area contributed by atoms with Gasteiger partial charge in [-0.3, -0.25) is 4.90 Å². The van der Waals surface area contributed by atoms with Crippen LogP contribution in [-0.4, -0.2) is 30.6 Å². The average molecular weight is 258 g/mol. The van der Waals surface area contributed by atoms with Crippen LogP contribution in [0.5, 0.6) is 0 Å². The number of nitrogens with one attached hydrogen (secondary N) is 1. The molecule has 2 heteroatoms. The fourth-order valence-electron chi connectivity index (χ4n) is 3.48. The Bertz CT molecular complexity index is 396. The highest BCUT2D eigenvalue weighted by Gasteiger charge is 2.16. The van der Waals surface area contributed by atoms with E-state index in [9.17, 15) is 0 Å². The summed E-state index contributed by atoms with van der Waals surface area (Å²) in [6.45, 7) is 4.83. The van der Waals surface area contributed by atoms with Crippen LogP contribution >= 0.6 is 0 Å². The number of rotatable bonds is 5. The summed E-state index contributed by atoms with van der Waals surface area (Å²) in [6, 6.07) is 9.73. The van der Waals surface area contributed by atoms with Gasteiger partial charge in [-0.2, -0.15) is 0 Å². The van der Waals surface area contributed by atoms with Gasteiger partial charge in [-0.25, -0.2) is 0 Å². The third-order valence-corrected chi connectivity index (χ3v) is 4.65. The van der Waals surface area contributed by atoms with Crippen molar-refractivity contribution in [3.8, 4) is 0 Å². The predicted molar refractivity (Wildman–Crippen MR) is 80.3 cm³/mol. The molecule has 0 bridgehead atoms. The minimum absolute atomic E-state index is 0.821. The van der Waals surface area contributed by atoms with Crippen LogP contribution in [0.1, 0.15) is 43.2 Å². The molecule has 0 atom stereocenters. The first-order chi connectivity index (χ1) is 9.42. The largest absolute Gasteiger partial charge is 0.314 e. The van der Waals surface area contributed by atoms with Gasteiger partial charge in [0, 0.05) is 19.1 Å². The molecule has 0 saturated heterocycles. The minimum Gasteiger partial charge on any atom is -0.314 e. The molecule has 0 unspecified atom stereocenters. The van der Waals surface area contributed by atoms with Gasteiger partial charge >= 0.3 is 0 Å². The molecule has 0 aromatic heterocycles. The second-order valence-electron chi connectivity index (χ2n) is 6.08. The summed E-state index contributed by atoms with van der Waals surface area (Å²) in [5, 5.41) is 3.71. The number of hydrogen-bond donors (Lipinski definition) is 1. The van der Waals surface area contributed by atoms with Crippen LogP contribution in [0.2, 0.25) is 0 Å². The lowest BCUT2D eigenvalue weighted by Gasteiger charge is -2.28. The Labute approximate surface area is 117 Å². The first kappa shape index (κ1) is 13.1. The molecule has 1 fully saturated rings. The Kier molecular flexibility index (Phi) is 4.52. The predicted octanol–water partition coefficient (Wildman–Crippen LogP) is 2.97. The van der Waals surface area contributed by atoms with Gasteiger partial charge in [0.25, 0.3) is 0 Å². The Hall–Kier alpha value is -0.860. The molecular weight excluding hydrogens is 232 g/mol. The van der Waals surface area contributed by atoms with Crippen molar-refractivity contribution < 1.29 is 0 Å². The summed E-state index contributed by atoms with van der Waals surface area (Å²) in [7, 11) is 0. The van der Waals surface area contributed by atoms with Gasteiger partial charge in [0.15, 0.2) is 0 Å². The molecule has 0 radical (unpaired) electrons. The zero-order valence-corrected chi connectivity index (χ0v) is 11.9. The highest BCUT2D eigenvalue weighted by molar-refractivity contribution is 5.28. The summed E-state index contributed by atoms with van der Waals surface area (Å²) in [4.78, 5) is 2.61. The van der Waals surface area contributed by atoms with Crippen molar-refractivity contribution >= 4 is 0 Å². The third-order valence-electron chi connectivity index (χ3n) is 4.65. The maximum Gasteiger partial charge on any atom is 0.0236 e. The van der Waals surface area contributed by atoms with Crippen LogP contribution in [0.4, 0.5) is 0 Å². The molecule has 2 aliphatic rings. The van der Waals surface area contributed by atoms with Gasteiger partial charge < -0.3 is 5.32 Å². The van der Waals surface area contributed by atoms with Crippen LogP contribution in [0, 0.1) is 0 Å². The molecule has 1 saturated carbocycles. The van der Waals surface area contributed by atoms with Gasteiger partial charge in [0.2, 0.25) is 0 Å². The zero-order valence-electron chi connectivity index (χ0n) is 11.9. The first-order valence-electron chi connectivity index (χ1n) is 7.94. The van der Waals surface area contributed by atoms with Gasteiger partial charge in [0.05, 0.1) is 0 Å². The highest BCUT2D eigenvalue weighted by Crippen LogP contribution is 2.19. The molecule has 0 amide bonds. The fourth-order valence-corrected chi connectivity index (χ4v) is 3.48. The van der Waals surface area contributed by atoms with Crippen LogP contribution in [-0.2, 0) is 13.0 Å². The normalized spacial score (nSPS) is 20.6. The van der Waals surface area contributed by atoms with Gasteiger partial charge in [0.1, 0.15) is 0 Å². The molecule has 1 aromatic rings. The van der Waals surface area contributed by atoms with E-state index in [4.69, 9.17) is 0 Å². The lowest BCUT2D eigenvalue weighted by molar-refractivity contribution is 0.248. The SMILES string of the molecule is c1ccc2c(c1)CCN(CCCNC1CCCC1)C2. The van der Waals surface area contributed by atoms with E-state index in [1.807, 2.05) is 0 Å². The number of hydrogen-bond acceptors (Lipinski definition) is 2. The molecule has 3 rings (SSSR count). The zero-order chi connectivity index (χ0) is 12.9. The second-order valence-corrected chi connectivity index (χ2v) is 6.08. The maximum atomic E-state index is 3.71. The Morgan fingerprint density at radius 2 is 1.89 bits per heavy atom. The van der Waals surface area contributed by atoms with Crippen LogP contribution in [0.15, 0.2) is 24.3 Å². The Morgan fingerprint density at radius 3 is 2.74 bits per heavy atom. The molecule has 19 heavy (non-hydrogen) atoms. The summed E-state index contributed by atoms with van der Waals surface area (Å²) >= 11 is 0. The molecule has 1 aliphatic carbocycles. The number of nitrogens with zero attached hydrogens (tertiary/aromatic N) is 1. The van der Waals surface area contributed by atoms with Crippen molar-refractivity contribution in [2.24, 2.45) is 0 Å². The van der Waals surface area contributed by atoms with E-state index in [0.717, 1.165) is 12.6 Å². The van der Waals surface area contributed by atoms with Gasteiger partial charge in [-0.15, -0.1) is 0 Å². The Balaban J connectivity index is 1.37. The third kappa shape index (κ3) is 3.58. The topological polar surface area (TPSA) is 15.3 Å². The molecule has 2 nitrogen and oxygen atoms in total. The monoisotopic (exact) mass is 258 g/mol. The van der Waals surface area contributed by atoms with Crippen LogP contribution in [0.25, 0.3) is 0 Å². The van der Waals surface area contributed by atoms with Crippen LogP contribution < -0.4 is 5.32 Å². The van der Waals surface area contributed by atoms with Gasteiger partial charge in [-0.05, 0) is 49.9 Å². The van der Waals surface area contributed by atoms with E-state index in [2.05, 4.69) is 34.5 Å². The molecule has 104 valence electrons. The Morgan fingerprint density at radius 1 is 1.11 bits per heavy atom. The molecular formula is C17H26N2. The summed E-state index contributed by atoms with van der Waals surface area (Å²) in [5.74, 6) is 0. The van der Waals surface area contributed by atoms with E-state index in [1.165, 1.54) is 63.7 Å². The smallest absolute Gasteiger partial charge is 0.0236 e. The van der Waals surface area contributed by atoms with Gasteiger partial charge in [-0.1, -0.05) is 37.1 Å². The van der Waals surface area contributed by atoms with E-state index in [0.29, 0.717) is 0 Å². The van der Waals surface area contributed by atoms with Crippen LogP contribution in [0.3, 0.4) is 0 Å². The number of fused-ring (bicyclic) bond motifs is 1. The van der Waals surface area contributed by atoms with E-state index in [1.54, 1.807) is 5.56 Å². The molecule has 1 N–H and O–H groups in total. The minimum atomic E-state index is 0.821. The van der Waals surface area contributed by atoms with E-state index in [-0.39, 0.29) is 0 Å². The quantitative estimate of drug-likeness (QED) is 0.817. The summed E-state index contributed by atoms with van der Waals surface area (Å²) in [6.07, 6.45) is 8.18. The lowest BCUT2D eigenvalue weighted by Crippen LogP contribution is -2.34. The molecule has 1 heterocycles. The van der Waals surface area contributed by atoms with Crippen molar-refractivity contribution in [2.75, 3.05) is 19.6 Å². The number of benzene rings is 1. The van der Waals surface area contributed by atoms with Crippen molar-refractivity contribution in [1.29, 1.82) is 0 Å². The summed E-state index contributed by atoms with van der Waals surface area (Å²) in [5.41, 5.74) is 3.10. The highest BCUT2D eigenvalue weighted by atomic mass is 15.1. The lowest BCUT2D eigenvalue weighted by atomic mass is 10.00. The molecule has 1 aromatic carbocycles. The first-order valence-corrected chi connectivity index (χ1v) is 7.94. The maximum absolute atomic E-state index is 3.71. The molecule has 1 aliphatic heterocycles. The second kappa shape index (κ2) is 6.53. The van der Waals surface area contributed by atoms with Crippen molar-refractivity contribution in [1.82, 2.24) is 10.2 Å². The van der Waals surface area contributed by atoms with E-state index < -0.39 is 0 Å². The van der Waals surface area contributed by atoms with Crippen molar-refractivity contribution in [3.05, 3.63) is 35.4 Å². The average Bonchev–Trinajstić information content (AvgIpc) is 2.97. The van der Waals surface area contributed by atoms with E-state index >= 15 is 0 Å². The van der Waals surface area contributed by atoms with Crippen molar-refractivity contribution in [2.45, 2.75) is 51.1 Å². The van der Waals surface area contributed by atoms with Crippen molar-refractivity contribution in [3.63, 3.8) is 0 Å².